The van der Waals surface area contributed by atoms with E-state index in [9.17, 15) is 0 Å². The number of nitrogen functional groups attached to an aromatic ring is 1. The first-order valence-corrected chi connectivity index (χ1v) is 5.94. The molecule has 0 saturated carbocycles. The molecule has 0 radical (unpaired) electrons. The monoisotopic (exact) mass is 234 g/mol. The van der Waals surface area contributed by atoms with Crippen LogP contribution in [0.3, 0.4) is 0 Å². The molecule has 0 spiro atoms. The maximum Gasteiger partial charge on any atom is 0.180 e. The Kier molecular flexibility index (Phi) is 3.10. The molecule has 0 amide bonds. The lowest BCUT2D eigenvalue weighted by atomic mass is 10.1. The van der Waals surface area contributed by atoms with E-state index in [-0.39, 0.29) is 0 Å². The standard InChI is InChI=1S/C12H14N2OS/c1-3-8-6-9(4-5-10(8)15-2)11-7-14-12(13)16-11/h4-7H,3H2,1-2H3,(H2,13,14). The van der Waals surface area contributed by atoms with E-state index in [0.717, 1.165) is 22.6 Å². The molecular weight excluding hydrogens is 220 g/mol. The summed E-state index contributed by atoms with van der Waals surface area (Å²) in [5.41, 5.74) is 7.97. The Hall–Kier alpha value is -1.55. The molecule has 1 aromatic carbocycles. The van der Waals surface area contributed by atoms with Gasteiger partial charge in [-0.25, -0.2) is 4.98 Å². The van der Waals surface area contributed by atoms with E-state index < -0.39 is 0 Å². The molecule has 0 aliphatic heterocycles. The molecule has 0 atom stereocenters. The fourth-order valence-corrected chi connectivity index (χ4v) is 2.31. The third-order valence-corrected chi connectivity index (χ3v) is 3.34. The van der Waals surface area contributed by atoms with E-state index in [1.165, 1.54) is 16.9 Å². The molecule has 0 saturated heterocycles. The van der Waals surface area contributed by atoms with Crippen molar-refractivity contribution in [1.29, 1.82) is 0 Å². The third kappa shape index (κ3) is 2.02. The zero-order chi connectivity index (χ0) is 11.5. The lowest BCUT2D eigenvalue weighted by molar-refractivity contribution is 0.410. The van der Waals surface area contributed by atoms with Crippen molar-refractivity contribution in [1.82, 2.24) is 4.98 Å². The quantitative estimate of drug-likeness (QED) is 0.888. The van der Waals surface area contributed by atoms with Crippen LogP contribution in [0.5, 0.6) is 5.75 Å². The number of nitrogens with two attached hydrogens (primary N) is 1. The molecule has 84 valence electrons. The number of hydrogen-bond donors (Lipinski definition) is 1. The van der Waals surface area contributed by atoms with Crippen LogP contribution in [0.15, 0.2) is 24.4 Å². The lowest BCUT2D eigenvalue weighted by Crippen LogP contribution is -1.90. The highest BCUT2D eigenvalue weighted by Crippen LogP contribution is 2.31. The predicted octanol–water partition coefficient (Wildman–Crippen LogP) is 2.96. The van der Waals surface area contributed by atoms with E-state index in [1.54, 1.807) is 13.3 Å². The molecule has 2 N–H and O–H groups in total. The van der Waals surface area contributed by atoms with E-state index in [0.29, 0.717) is 5.13 Å². The second-order valence-electron chi connectivity index (χ2n) is 3.44. The van der Waals surface area contributed by atoms with Gasteiger partial charge < -0.3 is 10.5 Å². The SMILES string of the molecule is CCc1cc(-c2cnc(N)s2)ccc1OC. The summed E-state index contributed by atoms with van der Waals surface area (Å²) >= 11 is 1.50. The van der Waals surface area contributed by atoms with Gasteiger partial charge in [0.05, 0.1) is 12.0 Å². The molecule has 0 unspecified atom stereocenters. The van der Waals surface area contributed by atoms with E-state index in [4.69, 9.17) is 10.5 Å². The molecule has 4 heteroatoms. The fourth-order valence-electron chi connectivity index (χ4n) is 1.63. The molecule has 3 nitrogen and oxygen atoms in total. The fraction of sp³-hybridized carbons (Fsp3) is 0.250. The van der Waals surface area contributed by atoms with Gasteiger partial charge in [0, 0.05) is 6.20 Å². The summed E-state index contributed by atoms with van der Waals surface area (Å²) in [5.74, 6) is 0.934. The number of ether oxygens (including phenoxy) is 1. The lowest BCUT2D eigenvalue weighted by Gasteiger charge is -2.07. The summed E-state index contributed by atoms with van der Waals surface area (Å²) in [5, 5.41) is 0.601. The minimum atomic E-state index is 0.601. The Morgan fingerprint density at radius 2 is 2.25 bits per heavy atom. The molecule has 0 bridgehead atoms. The van der Waals surface area contributed by atoms with Gasteiger partial charge in [-0.1, -0.05) is 18.3 Å². The number of methoxy groups -OCH3 is 1. The molecule has 0 aliphatic carbocycles. The van der Waals surface area contributed by atoms with E-state index >= 15 is 0 Å². The first-order chi connectivity index (χ1) is 7.74. The normalized spacial score (nSPS) is 10.4. The Balaban J connectivity index is 2.43. The van der Waals surface area contributed by atoms with Gasteiger partial charge in [0.2, 0.25) is 0 Å². The molecule has 1 heterocycles. The molecule has 2 rings (SSSR count). The number of thiazole rings is 1. The van der Waals surface area contributed by atoms with Crippen molar-refractivity contribution in [2.45, 2.75) is 13.3 Å². The minimum Gasteiger partial charge on any atom is -0.496 e. The second-order valence-corrected chi connectivity index (χ2v) is 4.51. The zero-order valence-electron chi connectivity index (χ0n) is 9.36. The van der Waals surface area contributed by atoms with Crippen LogP contribution in [0.2, 0.25) is 0 Å². The number of anilines is 1. The van der Waals surface area contributed by atoms with Gasteiger partial charge >= 0.3 is 0 Å². The topological polar surface area (TPSA) is 48.1 Å². The van der Waals surface area contributed by atoms with Crippen molar-refractivity contribution < 1.29 is 4.74 Å². The summed E-state index contributed by atoms with van der Waals surface area (Å²) < 4.78 is 5.30. The molecule has 2 aromatic rings. The van der Waals surface area contributed by atoms with Crippen LogP contribution in [0.25, 0.3) is 10.4 Å². The first-order valence-electron chi connectivity index (χ1n) is 5.13. The average Bonchev–Trinajstić information content (AvgIpc) is 2.75. The van der Waals surface area contributed by atoms with Crippen LogP contribution in [0.1, 0.15) is 12.5 Å². The van der Waals surface area contributed by atoms with Crippen molar-refractivity contribution >= 4 is 16.5 Å². The summed E-state index contributed by atoms with van der Waals surface area (Å²) in [6.07, 6.45) is 2.76. The van der Waals surface area contributed by atoms with Gasteiger partial charge in [0.25, 0.3) is 0 Å². The largest absolute Gasteiger partial charge is 0.496 e. The maximum absolute atomic E-state index is 5.63. The van der Waals surface area contributed by atoms with Crippen LogP contribution in [-0.2, 0) is 6.42 Å². The van der Waals surface area contributed by atoms with Crippen molar-refractivity contribution in [2.24, 2.45) is 0 Å². The highest BCUT2D eigenvalue weighted by molar-refractivity contribution is 7.18. The van der Waals surface area contributed by atoms with Crippen LogP contribution < -0.4 is 10.5 Å². The van der Waals surface area contributed by atoms with Gasteiger partial charge in [-0.2, -0.15) is 0 Å². The summed E-state index contributed by atoms with van der Waals surface area (Å²) in [4.78, 5) is 5.15. The van der Waals surface area contributed by atoms with Gasteiger partial charge in [0.1, 0.15) is 5.75 Å². The van der Waals surface area contributed by atoms with Crippen LogP contribution >= 0.6 is 11.3 Å². The van der Waals surface area contributed by atoms with Crippen molar-refractivity contribution in [3.63, 3.8) is 0 Å². The van der Waals surface area contributed by atoms with E-state index in [1.807, 2.05) is 12.1 Å². The van der Waals surface area contributed by atoms with Crippen LogP contribution in [-0.4, -0.2) is 12.1 Å². The smallest absolute Gasteiger partial charge is 0.180 e. The Bertz CT molecular complexity index is 494. The minimum absolute atomic E-state index is 0.601. The predicted molar refractivity (Wildman–Crippen MR) is 67.9 cm³/mol. The number of aryl methyl sites for hydroxylation is 1. The zero-order valence-corrected chi connectivity index (χ0v) is 10.2. The van der Waals surface area contributed by atoms with Gasteiger partial charge in [0.15, 0.2) is 5.13 Å². The maximum atomic E-state index is 5.63. The molecule has 1 aromatic heterocycles. The van der Waals surface area contributed by atoms with Crippen molar-refractivity contribution in [3.05, 3.63) is 30.0 Å². The number of aromatic nitrogens is 1. The second kappa shape index (κ2) is 4.53. The molecule has 0 fully saturated rings. The molecular formula is C12H14N2OS. The highest BCUT2D eigenvalue weighted by atomic mass is 32.1. The Morgan fingerprint density at radius 3 is 2.81 bits per heavy atom. The number of rotatable bonds is 3. The van der Waals surface area contributed by atoms with E-state index in [2.05, 4.69) is 18.0 Å². The molecule has 16 heavy (non-hydrogen) atoms. The van der Waals surface area contributed by atoms with Gasteiger partial charge in [-0.05, 0) is 35.7 Å². The highest BCUT2D eigenvalue weighted by Gasteiger charge is 2.06. The first kappa shape index (κ1) is 11.0. The number of nitrogens with zero attached hydrogens (tertiary/aromatic N) is 1. The third-order valence-electron chi connectivity index (χ3n) is 2.47. The summed E-state index contributed by atoms with van der Waals surface area (Å²) in [7, 11) is 1.69. The van der Waals surface area contributed by atoms with Crippen LogP contribution in [0.4, 0.5) is 5.13 Å². The average molecular weight is 234 g/mol. The van der Waals surface area contributed by atoms with Gasteiger partial charge in [-0.15, -0.1) is 0 Å². The van der Waals surface area contributed by atoms with Crippen molar-refractivity contribution in [2.75, 3.05) is 12.8 Å². The Labute approximate surface area is 98.9 Å². The Morgan fingerprint density at radius 1 is 1.44 bits per heavy atom. The van der Waals surface area contributed by atoms with Gasteiger partial charge in [-0.3, -0.25) is 0 Å². The number of benzene rings is 1. The number of hydrogen-bond acceptors (Lipinski definition) is 4. The summed E-state index contributed by atoms with van der Waals surface area (Å²) in [6, 6.07) is 6.15. The molecule has 0 aliphatic rings. The summed E-state index contributed by atoms with van der Waals surface area (Å²) in [6.45, 7) is 2.11. The van der Waals surface area contributed by atoms with Crippen molar-refractivity contribution in [3.8, 4) is 16.2 Å². The van der Waals surface area contributed by atoms with Crippen LogP contribution in [0, 0.1) is 0 Å².